The van der Waals surface area contributed by atoms with E-state index in [1.165, 1.54) is 18.8 Å². The number of carbonyl (C=O) groups is 1. The van der Waals surface area contributed by atoms with E-state index in [0.29, 0.717) is 0 Å². The van der Waals surface area contributed by atoms with Crippen LogP contribution in [0.3, 0.4) is 0 Å². The van der Waals surface area contributed by atoms with Crippen LogP contribution in [0.15, 0.2) is 48.1 Å². The predicted octanol–water partition coefficient (Wildman–Crippen LogP) is 2.96. The summed E-state index contributed by atoms with van der Waals surface area (Å²) in [6, 6.07) is 10.1. The van der Waals surface area contributed by atoms with Crippen molar-refractivity contribution in [3.63, 3.8) is 0 Å². The smallest absolute Gasteiger partial charge is 0.330 e. The van der Waals surface area contributed by atoms with Crippen molar-refractivity contribution in [2.75, 3.05) is 7.11 Å². The molecule has 1 fully saturated rings. The monoisotopic (exact) mass is 214 g/mol. The maximum Gasteiger partial charge on any atom is 0.330 e. The van der Waals surface area contributed by atoms with Gasteiger partial charge in [0.15, 0.2) is 0 Å². The molecule has 2 nitrogen and oxygen atoms in total. The molecule has 16 heavy (non-hydrogen) atoms. The summed E-state index contributed by atoms with van der Waals surface area (Å²) in [7, 11) is 1.39. The van der Waals surface area contributed by atoms with Crippen LogP contribution in [0.4, 0.5) is 0 Å². The maximum atomic E-state index is 11.1. The van der Waals surface area contributed by atoms with Crippen LogP contribution in [0.1, 0.15) is 18.4 Å². The van der Waals surface area contributed by atoms with Crippen LogP contribution in [0.2, 0.25) is 0 Å². The Balaban J connectivity index is 2.24. The van der Waals surface area contributed by atoms with E-state index >= 15 is 0 Å². The molecule has 0 amide bonds. The van der Waals surface area contributed by atoms with Crippen molar-refractivity contribution in [2.24, 2.45) is 0 Å². The van der Waals surface area contributed by atoms with Crippen LogP contribution in [0.5, 0.6) is 0 Å². The largest absolute Gasteiger partial charge is 0.466 e. The minimum absolute atomic E-state index is 0.310. The standard InChI is InChI=1S/C14H14O2/c1-16-14(15)10-9-13(12-7-8-12)11-5-3-2-4-6-11/h2-6,9-10H,7-8H2,1H3/b10-9+. The van der Waals surface area contributed by atoms with E-state index < -0.39 is 0 Å². The normalized spacial score (nSPS) is 13.9. The zero-order valence-electron chi connectivity index (χ0n) is 9.27. The average Bonchev–Trinajstić information content (AvgIpc) is 3.15. The van der Waals surface area contributed by atoms with Crippen LogP contribution < -0.4 is 0 Å². The van der Waals surface area contributed by atoms with E-state index in [-0.39, 0.29) is 5.97 Å². The van der Waals surface area contributed by atoms with Gasteiger partial charge < -0.3 is 4.74 Å². The number of esters is 1. The van der Waals surface area contributed by atoms with Gasteiger partial charge in [0, 0.05) is 6.08 Å². The summed E-state index contributed by atoms with van der Waals surface area (Å²) < 4.78 is 4.59. The van der Waals surface area contributed by atoms with Gasteiger partial charge in [-0.25, -0.2) is 4.79 Å². The summed E-state index contributed by atoms with van der Waals surface area (Å²) in [6.07, 6.45) is 5.60. The van der Waals surface area contributed by atoms with Crippen molar-refractivity contribution < 1.29 is 9.53 Å². The molecule has 0 saturated heterocycles. The molecule has 2 rings (SSSR count). The van der Waals surface area contributed by atoms with E-state index in [1.807, 2.05) is 24.3 Å². The van der Waals surface area contributed by atoms with Gasteiger partial charge in [0.2, 0.25) is 0 Å². The Hall–Kier alpha value is -1.83. The van der Waals surface area contributed by atoms with Gasteiger partial charge in [0.25, 0.3) is 0 Å². The number of rotatable bonds is 3. The number of methoxy groups -OCH3 is 1. The number of ether oxygens (including phenoxy) is 1. The zero-order valence-corrected chi connectivity index (χ0v) is 9.27. The fraction of sp³-hybridized carbons (Fsp3) is 0.214. The lowest BCUT2D eigenvalue weighted by molar-refractivity contribution is -0.134. The molecule has 1 saturated carbocycles. The zero-order chi connectivity index (χ0) is 11.4. The van der Waals surface area contributed by atoms with Crippen LogP contribution in [-0.4, -0.2) is 13.1 Å². The molecule has 1 aromatic rings. The first-order valence-corrected chi connectivity index (χ1v) is 5.34. The first-order chi connectivity index (χ1) is 7.81. The van der Waals surface area contributed by atoms with Gasteiger partial charge in [0.1, 0.15) is 0 Å². The molecule has 0 heterocycles. The molecule has 0 bridgehead atoms. The Kier molecular flexibility index (Phi) is 3.20. The summed E-state index contributed by atoms with van der Waals surface area (Å²) in [6.45, 7) is 0. The molecule has 0 unspecified atom stereocenters. The molecule has 1 aromatic carbocycles. The molecule has 0 aliphatic heterocycles. The Morgan fingerprint density at radius 3 is 2.44 bits per heavy atom. The van der Waals surface area contributed by atoms with Gasteiger partial charge in [-0.1, -0.05) is 35.9 Å². The molecular weight excluding hydrogens is 200 g/mol. The number of allylic oxidation sites excluding steroid dienone is 3. The molecule has 0 spiro atoms. The summed E-state index contributed by atoms with van der Waals surface area (Å²) in [4.78, 5) is 11.1. The van der Waals surface area contributed by atoms with Gasteiger partial charge >= 0.3 is 5.97 Å². The third kappa shape index (κ3) is 2.60. The van der Waals surface area contributed by atoms with Gasteiger partial charge in [-0.3, -0.25) is 0 Å². The van der Waals surface area contributed by atoms with Crippen molar-refractivity contribution in [3.05, 3.63) is 53.6 Å². The third-order valence-corrected chi connectivity index (χ3v) is 2.55. The van der Waals surface area contributed by atoms with E-state index in [4.69, 9.17) is 0 Å². The van der Waals surface area contributed by atoms with Gasteiger partial charge in [0.05, 0.1) is 7.11 Å². The summed E-state index contributed by atoms with van der Waals surface area (Å²) >= 11 is 0. The van der Waals surface area contributed by atoms with Crippen molar-refractivity contribution in [1.29, 1.82) is 0 Å². The Morgan fingerprint density at radius 2 is 1.88 bits per heavy atom. The van der Waals surface area contributed by atoms with Crippen molar-refractivity contribution in [2.45, 2.75) is 12.8 Å². The van der Waals surface area contributed by atoms with Crippen molar-refractivity contribution >= 4 is 11.5 Å². The van der Waals surface area contributed by atoms with Crippen molar-refractivity contribution in [1.82, 2.24) is 0 Å². The summed E-state index contributed by atoms with van der Waals surface area (Å²) in [5.74, 6) is -0.310. The fourth-order valence-corrected chi connectivity index (χ4v) is 1.59. The van der Waals surface area contributed by atoms with Crippen LogP contribution >= 0.6 is 0 Å². The Morgan fingerprint density at radius 1 is 1.19 bits per heavy atom. The highest BCUT2D eigenvalue weighted by molar-refractivity contribution is 5.88. The number of carbonyl (C=O) groups excluding carboxylic acids is 1. The number of hydrogen-bond donors (Lipinski definition) is 0. The Labute approximate surface area is 95.2 Å². The second-order valence-electron chi connectivity index (χ2n) is 3.74. The van der Waals surface area contributed by atoms with Crippen LogP contribution in [-0.2, 0) is 9.53 Å². The molecule has 0 atom stereocenters. The molecule has 1 aliphatic rings. The second kappa shape index (κ2) is 4.79. The number of hydrogen-bond acceptors (Lipinski definition) is 2. The number of benzene rings is 1. The SMILES string of the molecule is COC(=O)/C=C/C(=C1CC1)c1ccccc1. The van der Waals surface area contributed by atoms with E-state index in [1.54, 1.807) is 0 Å². The summed E-state index contributed by atoms with van der Waals surface area (Å²) in [5, 5.41) is 0. The molecule has 2 heteroatoms. The van der Waals surface area contributed by atoms with Crippen molar-refractivity contribution in [3.8, 4) is 0 Å². The minimum atomic E-state index is -0.310. The fourth-order valence-electron chi connectivity index (χ4n) is 1.59. The highest BCUT2D eigenvalue weighted by Gasteiger charge is 2.17. The lowest BCUT2D eigenvalue weighted by Gasteiger charge is -2.01. The lowest BCUT2D eigenvalue weighted by Crippen LogP contribution is -1.94. The topological polar surface area (TPSA) is 26.3 Å². The average molecular weight is 214 g/mol. The minimum Gasteiger partial charge on any atom is -0.466 e. The summed E-state index contributed by atoms with van der Waals surface area (Å²) in [5.41, 5.74) is 3.73. The van der Waals surface area contributed by atoms with E-state index in [2.05, 4.69) is 16.9 Å². The van der Waals surface area contributed by atoms with E-state index in [9.17, 15) is 4.79 Å². The van der Waals surface area contributed by atoms with Crippen LogP contribution in [0, 0.1) is 0 Å². The second-order valence-corrected chi connectivity index (χ2v) is 3.74. The molecule has 0 aromatic heterocycles. The highest BCUT2D eigenvalue weighted by Crippen LogP contribution is 2.36. The van der Waals surface area contributed by atoms with E-state index in [0.717, 1.165) is 24.0 Å². The molecule has 0 N–H and O–H groups in total. The lowest BCUT2D eigenvalue weighted by atomic mass is 10.0. The van der Waals surface area contributed by atoms with Gasteiger partial charge in [-0.05, 0) is 30.1 Å². The first kappa shape index (κ1) is 10.7. The quantitative estimate of drug-likeness (QED) is 0.571. The van der Waals surface area contributed by atoms with Gasteiger partial charge in [-0.2, -0.15) is 0 Å². The highest BCUT2D eigenvalue weighted by atomic mass is 16.5. The molecule has 1 aliphatic carbocycles. The maximum absolute atomic E-state index is 11.1. The first-order valence-electron chi connectivity index (χ1n) is 5.34. The van der Waals surface area contributed by atoms with Gasteiger partial charge in [-0.15, -0.1) is 0 Å². The third-order valence-electron chi connectivity index (χ3n) is 2.55. The molecule has 82 valence electrons. The van der Waals surface area contributed by atoms with Crippen LogP contribution in [0.25, 0.3) is 5.57 Å². The Bertz CT molecular complexity index is 435. The molecular formula is C14H14O2. The predicted molar refractivity (Wildman–Crippen MR) is 63.8 cm³/mol. The molecule has 0 radical (unpaired) electrons.